The van der Waals surface area contributed by atoms with Crippen molar-refractivity contribution in [1.29, 1.82) is 0 Å². The van der Waals surface area contributed by atoms with E-state index in [1.54, 1.807) is 0 Å². The summed E-state index contributed by atoms with van der Waals surface area (Å²) in [7, 11) is 0. The molecule has 0 fully saturated rings. The van der Waals surface area contributed by atoms with E-state index >= 15 is 0 Å². The first-order valence-corrected chi connectivity index (χ1v) is 3.76. The second-order valence-electron chi connectivity index (χ2n) is 1.32. The Morgan fingerprint density at radius 2 is 2.25 bits per heavy atom. The van der Waals surface area contributed by atoms with E-state index in [-0.39, 0.29) is 13.2 Å². The zero-order chi connectivity index (χ0) is 6.41. The fourth-order valence-corrected chi connectivity index (χ4v) is 0.488. The lowest BCUT2D eigenvalue weighted by atomic mass is 10.4. The highest BCUT2D eigenvalue weighted by Crippen LogP contribution is 1.86. The van der Waals surface area contributed by atoms with Crippen molar-refractivity contribution in [3.8, 4) is 0 Å². The van der Waals surface area contributed by atoms with Gasteiger partial charge < -0.3 is 14.9 Å². The Bertz CT molecular complexity index is 50.5. The molecule has 0 unspecified atom stereocenters. The summed E-state index contributed by atoms with van der Waals surface area (Å²) in [5.74, 6) is 0. The molecule has 0 heterocycles. The number of alkyl halides is 1. The number of aliphatic hydroxyl groups excluding tert-OH is 2. The maximum atomic E-state index is 8.61. The molecule has 0 saturated carbocycles. The van der Waals surface area contributed by atoms with Crippen LogP contribution in [0.3, 0.4) is 0 Å². The van der Waals surface area contributed by atoms with Crippen molar-refractivity contribution < 1.29 is 14.9 Å². The van der Waals surface area contributed by atoms with Gasteiger partial charge in [0.15, 0.2) is 0 Å². The van der Waals surface area contributed by atoms with Crippen molar-refractivity contribution in [3.05, 3.63) is 0 Å². The van der Waals surface area contributed by atoms with Crippen LogP contribution in [0.15, 0.2) is 0 Å². The third-order valence-electron chi connectivity index (χ3n) is 0.598. The molecule has 0 aliphatic heterocycles. The molecule has 8 heavy (non-hydrogen) atoms. The van der Waals surface area contributed by atoms with Gasteiger partial charge in [-0.3, -0.25) is 0 Å². The van der Waals surface area contributed by atoms with E-state index in [0.29, 0.717) is 4.61 Å². The zero-order valence-corrected chi connectivity index (χ0v) is 6.54. The monoisotopic (exact) mass is 232 g/mol. The van der Waals surface area contributed by atoms with Crippen molar-refractivity contribution in [2.45, 2.75) is 6.10 Å². The predicted octanol–water partition coefficient (Wildman–Crippen LogP) is -0.251. The summed E-state index contributed by atoms with van der Waals surface area (Å²) in [6.07, 6.45) is -0.718. The van der Waals surface area contributed by atoms with Crippen LogP contribution in [0.25, 0.3) is 0 Å². The number of ether oxygens (including phenoxy) is 1. The van der Waals surface area contributed by atoms with Gasteiger partial charge in [0.05, 0.1) is 17.8 Å². The highest BCUT2D eigenvalue weighted by Gasteiger charge is 1.98. The van der Waals surface area contributed by atoms with Crippen LogP contribution >= 0.6 is 22.6 Å². The van der Waals surface area contributed by atoms with Crippen LogP contribution in [-0.4, -0.2) is 34.1 Å². The van der Waals surface area contributed by atoms with Crippen LogP contribution in [0.4, 0.5) is 0 Å². The van der Waals surface area contributed by atoms with E-state index in [2.05, 4.69) is 0 Å². The van der Waals surface area contributed by atoms with Gasteiger partial charge >= 0.3 is 0 Å². The van der Waals surface area contributed by atoms with Crippen LogP contribution in [0.2, 0.25) is 0 Å². The molecule has 0 aliphatic rings. The molecule has 0 aromatic heterocycles. The topological polar surface area (TPSA) is 49.7 Å². The molecule has 0 amide bonds. The molecule has 0 radical (unpaired) electrons. The molecule has 0 aromatic carbocycles. The Kier molecular flexibility index (Phi) is 6.18. The van der Waals surface area contributed by atoms with Crippen molar-refractivity contribution in [1.82, 2.24) is 0 Å². The van der Waals surface area contributed by atoms with Crippen LogP contribution < -0.4 is 0 Å². The van der Waals surface area contributed by atoms with Gasteiger partial charge in [-0.1, -0.05) is 22.6 Å². The first-order chi connectivity index (χ1) is 3.81. The normalized spacial score (nSPS) is 13.9. The predicted molar refractivity (Wildman–Crippen MR) is 37.9 cm³/mol. The number of hydrogen-bond acceptors (Lipinski definition) is 3. The molecule has 0 spiro atoms. The van der Waals surface area contributed by atoms with Gasteiger partial charge in [-0.05, 0) is 0 Å². The van der Waals surface area contributed by atoms with E-state index in [1.807, 2.05) is 22.6 Å². The number of halogens is 1. The standard InChI is InChI=1S/C4H9IO3/c5-3-8-2-4(7)1-6/h4,6-7H,1-3H2/t4-/m0/s1. The molecule has 0 aliphatic carbocycles. The smallest absolute Gasteiger partial charge is 0.100 e. The van der Waals surface area contributed by atoms with Crippen LogP contribution in [0.5, 0.6) is 0 Å². The maximum Gasteiger partial charge on any atom is 0.100 e. The Morgan fingerprint density at radius 1 is 1.62 bits per heavy atom. The van der Waals surface area contributed by atoms with Gasteiger partial charge in [0.2, 0.25) is 0 Å². The molecule has 1 atom stereocenters. The lowest BCUT2D eigenvalue weighted by Crippen LogP contribution is -2.18. The fraction of sp³-hybridized carbons (Fsp3) is 1.00. The van der Waals surface area contributed by atoms with E-state index in [4.69, 9.17) is 14.9 Å². The van der Waals surface area contributed by atoms with Gasteiger partial charge in [0, 0.05) is 0 Å². The second-order valence-corrected chi connectivity index (χ2v) is 1.94. The Hall–Kier alpha value is 0.610. The SMILES string of the molecule is OC[C@H](O)COCI. The first-order valence-electron chi connectivity index (χ1n) is 2.24. The summed E-state index contributed by atoms with van der Waals surface area (Å²) in [5, 5.41) is 16.8. The molecule has 0 aromatic rings. The Balaban J connectivity index is 2.86. The average Bonchev–Trinajstić information content (AvgIpc) is 1.83. The van der Waals surface area contributed by atoms with Gasteiger partial charge in [0.1, 0.15) is 6.10 Å². The lowest BCUT2D eigenvalue weighted by Gasteiger charge is -2.03. The molecule has 0 saturated heterocycles. The summed E-state index contributed by atoms with van der Waals surface area (Å²) < 4.78 is 5.31. The van der Waals surface area contributed by atoms with Gasteiger partial charge in [-0.15, -0.1) is 0 Å². The molecule has 2 N–H and O–H groups in total. The second kappa shape index (κ2) is 5.74. The Labute approximate surface area is 61.8 Å². The first kappa shape index (κ1) is 8.61. The molecule has 50 valence electrons. The highest BCUT2D eigenvalue weighted by atomic mass is 127. The zero-order valence-electron chi connectivity index (χ0n) is 4.38. The molecule has 0 bridgehead atoms. The minimum absolute atomic E-state index is 0.222. The van der Waals surface area contributed by atoms with Crippen molar-refractivity contribution in [2.75, 3.05) is 17.8 Å². The third kappa shape index (κ3) is 4.76. The molecular formula is C4H9IO3. The molecule has 3 nitrogen and oxygen atoms in total. The Morgan fingerprint density at radius 3 is 2.62 bits per heavy atom. The van der Waals surface area contributed by atoms with E-state index in [9.17, 15) is 0 Å². The van der Waals surface area contributed by atoms with E-state index < -0.39 is 6.10 Å². The largest absolute Gasteiger partial charge is 0.394 e. The van der Waals surface area contributed by atoms with Gasteiger partial charge in [-0.25, -0.2) is 0 Å². The van der Waals surface area contributed by atoms with Crippen molar-refractivity contribution in [3.63, 3.8) is 0 Å². The van der Waals surface area contributed by atoms with Crippen LogP contribution in [0, 0.1) is 0 Å². The highest BCUT2D eigenvalue weighted by molar-refractivity contribution is 14.1. The number of rotatable bonds is 4. The van der Waals surface area contributed by atoms with E-state index in [0.717, 1.165) is 0 Å². The number of aliphatic hydroxyl groups is 2. The van der Waals surface area contributed by atoms with Crippen LogP contribution in [0.1, 0.15) is 0 Å². The summed E-state index contributed by atoms with van der Waals surface area (Å²) >= 11 is 2.02. The summed E-state index contributed by atoms with van der Waals surface area (Å²) in [6.45, 7) is -0.00389. The summed E-state index contributed by atoms with van der Waals surface area (Å²) in [5.41, 5.74) is 0. The van der Waals surface area contributed by atoms with Crippen molar-refractivity contribution in [2.24, 2.45) is 0 Å². The summed E-state index contributed by atoms with van der Waals surface area (Å²) in [4.78, 5) is 0. The average molecular weight is 232 g/mol. The molecule has 0 rings (SSSR count). The quantitative estimate of drug-likeness (QED) is 0.519. The lowest BCUT2D eigenvalue weighted by molar-refractivity contribution is 0.0233. The van der Waals surface area contributed by atoms with Crippen molar-refractivity contribution >= 4 is 22.6 Å². The summed E-state index contributed by atoms with van der Waals surface area (Å²) in [6, 6.07) is 0. The number of hydrogen-bond donors (Lipinski definition) is 2. The van der Waals surface area contributed by atoms with E-state index in [1.165, 1.54) is 0 Å². The molecule has 4 heteroatoms. The third-order valence-corrected chi connectivity index (χ3v) is 1.04. The minimum atomic E-state index is -0.718. The van der Waals surface area contributed by atoms with Crippen LogP contribution in [-0.2, 0) is 4.74 Å². The fourth-order valence-electron chi connectivity index (χ4n) is 0.233. The maximum absolute atomic E-state index is 8.61. The minimum Gasteiger partial charge on any atom is -0.394 e. The molecular weight excluding hydrogens is 223 g/mol. The van der Waals surface area contributed by atoms with Gasteiger partial charge in [0.25, 0.3) is 0 Å². The van der Waals surface area contributed by atoms with Gasteiger partial charge in [-0.2, -0.15) is 0 Å².